The Kier molecular flexibility index (Phi) is 11.5. The summed E-state index contributed by atoms with van der Waals surface area (Å²) in [7, 11) is 1.88. The minimum absolute atomic E-state index is 0.00823. The van der Waals surface area contributed by atoms with Crippen molar-refractivity contribution in [2.45, 2.75) is 63.3 Å². The van der Waals surface area contributed by atoms with Crippen molar-refractivity contribution in [1.82, 2.24) is 20.9 Å². The van der Waals surface area contributed by atoms with Crippen LogP contribution < -0.4 is 16.0 Å². The van der Waals surface area contributed by atoms with E-state index in [2.05, 4.69) is 16.0 Å². The third-order valence-corrected chi connectivity index (χ3v) is 7.43. The summed E-state index contributed by atoms with van der Waals surface area (Å²) >= 11 is 6.24. The molecule has 1 saturated carbocycles. The summed E-state index contributed by atoms with van der Waals surface area (Å²) in [6, 6.07) is 7.40. The first kappa shape index (κ1) is 28.5. The van der Waals surface area contributed by atoms with E-state index in [1.54, 1.807) is 6.07 Å². The van der Waals surface area contributed by atoms with Crippen molar-refractivity contribution >= 4 is 23.7 Å². The van der Waals surface area contributed by atoms with E-state index in [1.807, 2.05) is 30.1 Å². The van der Waals surface area contributed by atoms with Crippen LogP contribution in [0.2, 0.25) is 5.02 Å². The van der Waals surface area contributed by atoms with Gasteiger partial charge in [0.05, 0.1) is 12.7 Å². The normalized spacial score (nSPS) is 24.1. The average molecular weight is 527 g/mol. The van der Waals surface area contributed by atoms with Gasteiger partial charge in [-0.15, -0.1) is 0 Å². The first-order chi connectivity index (χ1) is 17.4. The topological polar surface area (TPSA) is 103 Å². The summed E-state index contributed by atoms with van der Waals surface area (Å²) in [6.45, 7) is 2.28. The number of ether oxygens (including phenoxy) is 1. The number of carbonyl (C=O) groups is 2. The minimum atomic E-state index is -1.09. The smallest absolute Gasteiger partial charge is 0.404 e. The Morgan fingerprint density at radius 2 is 2.03 bits per heavy atom. The zero-order chi connectivity index (χ0) is 25.9. The molecule has 36 heavy (non-hydrogen) atoms. The van der Waals surface area contributed by atoms with Crippen LogP contribution in [0.5, 0.6) is 0 Å². The first-order valence-corrected chi connectivity index (χ1v) is 13.4. The molecule has 0 bridgehead atoms. The second-order valence-corrected chi connectivity index (χ2v) is 10.4. The molecule has 2 aliphatic rings. The predicted molar refractivity (Wildman–Crippen MR) is 138 cm³/mol. The summed E-state index contributed by atoms with van der Waals surface area (Å²) in [5.41, 5.74) is 0.918. The van der Waals surface area contributed by atoms with Crippen molar-refractivity contribution in [3.63, 3.8) is 0 Å². The van der Waals surface area contributed by atoms with Gasteiger partial charge in [-0.25, -0.2) is 14.0 Å². The maximum absolute atomic E-state index is 13.5. The van der Waals surface area contributed by atoms with Gasteiger partial charge in [0.1, 0.15) is 6.17 Å². The fourth-order valence-electron chi connectivity index (χ4n) is 5.44. The van der Waals surface area contributed by atoms with Crippen LogP contribution in [-0.4, -0.2) is 74.2 Å². The molecule has 1 aliphatic carbocycles. The lowest BCUT2D eigenvalue weighted by molar-refractivity contribution is -0.00851. The molecule has 10 heteroatoms. The molecule has 1 aromatic carbocycles. The monoisotopic (exact) mass is 526 g/mol. The number of amides is 3. The molecule has 1 aliphatic heterocycles. The molecule has 1 aromatic rings. The Hall–Kier alpha value is -2.10. The summed E-state index contributed by atoms with van der Waals surface area (Å²) in [5.74, 6) is 0.486. The Balaban J connectivity index is 1.61. The quantitative estimate of drug-likeness (QED) is 0.316. The molecule has 3 amide bonds. The number of likely N-dealkylation sites (N-methyl/N-ethyl adjacent to an activating group) is 1. The first-order valence-electron chi connectivity index (χ1n) is 13.0. The fraction of sp³-hybridized carbons (Fsp3) is 0.692. The number of urea groups is 1. The maximum atomic E-state index is 13.5. The number of piperidine rings is 1. The van der Waals surface area contributed by atoms with Crippen molar-refractivity contribution in [2.24, 2.45) is 11.8 Å². The van der Waals surface area contributed by atoms with E-state index in [0.29, 0.717) is 43.4 Å². The van der Waals surface area contributed by atoms with E-state index >= 15 is 0 Å². The molecule has 3 atom stereocenters. The molecular weight excluding hydrogens is 487 g/mol. The van der Waals surface area contributed by atoms with Crippen LogP contribution >= 0.6 is 11.6 Å². The lowest BCUT2D eigenvalue weighted by Crippen LogP contribution is -2.52. The fourth-order valence-corrected chi connectivity index (χ4v) is 5.64. The molecule has 202 valence electrons. The maximum Gasteiger partial charge on any atom is 0.404 e. The molecule has 4 N–H and O–H groups in total. The highest BCUT2D eigenvalue weighted by Crippen LogP contribution is 2.34. The SMILES string of the molecule is CNC[C@H](CC1CCC(F)CC1)NC(=O)N1CCC[C@@H](C(OCCNC(=O)O)c2cccc(Cl)c2)C1. The van der Waals surface area contributed by atoms with Gasteiger partial charge in [-0.3, -0.25) is 0 Å². The average Bonchev–Trinajstić information content (AvgIpc) is 2.85. The van der Waals surface area contributed by atoms with E-state index in [1.165, 1.54) is 0 Å². The number of hydrogen-bond donors (Lipinski definition) is 4. The van der Waals surface area contributed by atoms with Gasteiger partial charge >= 0.3 is 12.1 Å². The number of hydrogen-bond acceptors (Lipinski definition) is 4. The van der Waals surface area contributed by atoms with Gasteiger partial charge in [0.15, 0.2) is 0 Å². The van der Waals surface area contributed by atoms with E-state index in [-0.39, 0.29) is 37.2 Å². The predicted octanol–water partition coefficient (Wildman–Crippen LogP) is 4.59. The standard InChI is InChI=1S/C26H40ClFN4O4/c1-29-16-23(14-18-7-9-22(28)10-8-18)31-25(33)32-12-3-5-20(17-32)24(36-13-11-30-26(34)35)19-4-2-6-21(27)15-19/h2,4,6,15,18,20,22-24,29-30H,3,5,7-14,16-17H2,1H3,(H,31,33)(H,34,35)/t18?,20-,22?,23+,24?/m1/s1. The molecule has 1 saturated heterocycles. The zero-order valence-electron chi connectivity index (χ0n) is 21.1. The molecular formula is C26H40ClFN4O4. The van der Waals surface area contributed by atoms with Crippen LogP contribution in [0.3, 0.4) is 0 Å². The second-order valence-electron chi connectivity index (χ2n) is 9.98. The molecule has 3 rings (SSSR count). The van der Waals surface area contributed by atoms with Gasteiger partial charge < -0.3 is 30.7 Å². The lowest BCUT2D eigenvalue weighted by Gasteiger charge is -2.38. The van der Waals surface area contributed by atoms with Gasteiger partial charge in [0.2, 0.25) is 0 Å². The van der Waals surface area contributed by atoms with Crippen LogP contribution in [0, 0.1) is 11.8 Å². The summed E-state index contributed by atoms with van der Waals surface area (Å²) < 4.78 is 19.7. The molecule has 0 radical (unpaired) electrons. The minimum Gasteiger partial charge on any atom is -0.465 e. The van der Waals surface area contributed by atoms with Crippen molar-refractivity contribution in [3.8, 4) is 0 Å². The summed E-state index contributed by atoms with van der Waals surface area (Å²) in [6.07, 6.45) is 3.49. The van der Waals surface area contributed by atoms with Gasteiger partial charge in [-0.2, -0.15) is 0 Å². The van der Waals surface area contributed by atoms with Crippen LogP contribution in [0.25, 0.3) is 0 Å². The number of alkyl halides is 1. The summed E-state index contributed by atoms with van der Waals surface area (Å²) in [5, 5.41) is 18.2. The molecule has 1 unspecified atom stereocenters. The number of carbonyl (C=O) groups excluding carboxylic acids is 1. The molecule has 0 spiro atoms. The van der Waals surface area contributed by atoms with Crippen molar-refractivity contribution < 1.29 is 23.8 Å². The van der Waals surface area contributed by atoms with Crippen LogP contribution in [0.4, 0.5) is 14.0 Å². The van der Waals surface area contributed by atoms with E-state index in [0.717, 1.165) is 37.7 Å². The molecule has 0 aromatic heterocycles. The highest BCUT2D eigenvalue weighted by Gasteiger charge is 2.32. The van der Waals surface area contributed by atoms with E-state index in [4.69, 9.17) is 21.4 Å². The Bertz CT molecular complexity index is 840. The highest BCUT2D eigenvalue weighted by atomic mass is 35.5. The lowest BCUT2D eigenvalue weighted by atomic mass is 9.84. The largest absolute Gasteiger partial charge is 0.465 e. The summed E-state index contributed by atoms with van der Waals surface area (Å²) in [4.78, 5) is 25.9. The van der Waals surface area contributed by atoms with Crippen molar-refractivity contribution in [2.75, 3.05) is 39.8 Å². The number of carboxylic acid groups (broad SMARTS) is 1. The van der Waals surface area contributed by atoms with E-state index in [9.17, 15) is 14.0 Å². The number of rotatable bonds is 11. The Morgan fingerprint density at radius 3 is 2.72 bits per heavy atom. The molecule has 8 nitrogen and oxygen atoms in total. The third kappa shape index (κ3) is 9.09. The van der Waals surface area contributed by atoms with Gasteiger partial charge in [-0.1, -0.05) is 23.7 Å². The van der Waals surface area contributed by atoms with Crippen molar-refractivity contribution in [1.29, 1.82) is 0 Å². The van der Waals surface area contributed by atoms with Gasteiger partial charge in [0.25, 0.3) is 0 Å². The third-order valence-electron chi connectivity index (χ3n) is 7.20. The van der Waals surface area contributed by atoms with Crippen LogP contribution in [0.1, 0.15) is 56.6 Å². The van der Waals surface area contributed by atoms with Gasteiger partial charge in [0, 0.05) is 43.2 Å². The highest BCUT2D eigenvalue weighted by molar-refractivity contribution is 6.30. The van der Waals surface area contributed by atoms with Gasteiger partial charge in [-0.05, 0) is 75.6 Å². The number of nitrogens with one attached hydrogen (secondary N) is 3. The Labute approximate surface area is 218 Å². The van der Waals surface area contributed by atoms with Crippen LogP contribution in [0.15, 0.2) is 24.3 Å². The number of likely N-dealkylation sites (tertiary alicyclic amines) is 1. The number of nitrogens with zero attached hydrogens (tertiary/aromatic N) is 1. The zero-order valence-corrected chi connectivity index (χ0v) is 21.8. The number of benzene rings is 1. The molecule has 2 fully saturated rings. The second kappa shape index (κ2) is 14.6. The molecule has 1 heterocycles. The van der Waals surface area contributed by atoms with E-state index < -0.39 is 12.3 Å². The Morgan fingerprint density at radius 1 is 1.25 bits per heavy atom. The van der Waals surface area contributed by atoms with Crippen molar-refractivity contribution in [3.05, 3.63) is 34.9 Å². The van der Waals surface area contributed by atoms with Crippen LogP contribution in [-0.2, 0) is 4.74 Å². The number of halogens is 2.